The van der Waals surface area contributed by atoms with Gasteiger partial charge in [-0.1, -0.05) is 11.6 Å². The van der Waals surface area contributed by atoms with Crippen LogP contribution < -0.4 is 10.6 Å². The molecule has 1 aliphatic heterocycles. The summed E-state index contributed by atoms with van der Waals surface area (Å²) in [6, 6.07) is 5.38. The molecule has 0 radical (unpaired) electrons. The summed E-state index contributed by atoms with van der Waals surface area (Å²) in [6.07, 6.45) is 2.37. The molecule has 2 N–H and O–H groups in total. The Kier molecular flexibility index (Phi) is 7.42. The van der Waals surface area contributed by atoms with E-state index in [1.54, 1.807) is 12.1 Å². The molecule has 0 spiro atoms. The Bertz CT molecular complexity index is 437. The van der Waals surface area contributed by atoms with E-state index >= 15 is 0 Å². The Morgan fingerprint density at radius 3 is 3.00 bits per heavy atom. The van der Waals surface area contributed by atoms with Crippen LogP contribution in [0, 0.1) is 9.49 Å². The number of carbonyl (C=O) groups excluding carboxylic acids is 1. The van der Waals surface area contributed by atoms with Crippen molar-refractivity contribution in [1.82, 2.24) is 10.6 Å². The van der Waals surface area contributed by atoms with Crippen molar-refractivity contribution in [2.24, 2.45) is 5.92 Å². The van der Waals surface area contributed by atoms with Gasteiger partial charge in [-0.25, -0.2) is 0 Å². The third-order valence-corrected chi connectivity index (χ3v) is 4.30. The smallest absolute Gasteiger partial charge is 0.252 e. The second-order valence-electron chi connectivity index (χ2n) is 4.55. The SMILES string of the molecule is Cl.O=C(NCC1CCCNC1)c1cc(Cl)ccc1I. The maximum Gasteiger partial charge on any atom is 0.252 e. The van der Waals surface area contributed by atoms with Gasteiger partial charge in [-0.15, -0.1) is 12.4 Å². The lowest BCUT2D eigenvalue weighted by molar-refractivity contribution is 0.0944. The summed E-state index contributed by atoms with van der Waals surface area (Å²) in [5.41, 5.74) is 0.659. The van der Waals surface area contributed by atoms with Crippen LogP contribution in [0.3, 0.4) is 0 Å². The molecule has 1 aromatic carbocycles. The normalized spacial score (nSPS) is 18.5. The fourth-order valence-electron chi connectivity index (χ4n) is 2.10. The molecular formula is C13H17Cl2IN2O. The highest BCUT2D eigenvalue weighted by molar-refractivity contribution is 14.1. The molecule has 6 heteroatoms. The Labute approximate surface area is 138 Å². The Balaban J connectivity index is 0.00000180. The molecule has 1 saturated heterocycles. The number of piperidine rings is 1. The number of rotatable bonds is 3. The zero-order valence-electron chi connectivity index (χ0n) is 10.4. The van der Waals surface area contributed by atoms with Crippen LogP contribution in [0.4, 0.5) is 0 Å². The molecule has 1 heterocycles. The summed E-state index contributed by atoms with van der Waals surface area (Å²) < 4.78 is 0.927. The number of amides is 1. The largest absolute Gasteiger partial charge is 0.352 e. The van der Waals surface area contributed by atoms with Crippen molar-refractivity contribution in [1.29, 1.82) is 0 Å². The highest BCUT2D eigenvalue weighted by Gasteiger charge is 2.15. The zero-order valence-corrected chi connectivity index (χ0v) is 14.1. The summed E-state index contributed by atoms with van der Waals surface area (Å²) in [5, 5.41) is 6.94. The first kappa shape index (κ1) is 17.0. The lowest BCUT2D eigenvalue weighted by Gasteiger charge is -2.23. The first-order chi connectivity index (χ1) is 8.66. The van der Waals surface area contributed by atoms with Crippen LogP contribution in [0.15, 0.2) is 18.2 Å². The van der Waals surface area contributed by atoms with E-state index in [2.05, 4.69) is 33.2 Å². The molecule has 1 amide bonds. The lowest BCUT2D eigenvalue weighted by Crippen LogP contribution is -2.38. The number of halogens is 3. The predicted octanol–water partition coefficient (Wildman–Crippen LogP) is 3.10. The van der Waals surface area contributed by atoms with Crippen LogP contribution in [0.5, 0.6) is 0 Å². The van der Waals surface area contributed by atoms with E-state index in [4.69, 9.17) is 11.6 Å². The third kappa shape index (κ3) is 5.10. The van der Waals surface area contributed by atoms with Crippen LogP contribution in [0.25, 0.3) is 0 Å². The van der Waals surface area contributed by atoms with Crippen molar-refractivity contribution < 1.29 is 4.79 Å². The third-order valence-electron chi connectivity index (χ3n) is 3.12. The molecule has 1 aromatic rings. The van der Waals surface area contributed by atoms with Crippen LogP contribution in [0.1, 0.15) is 23.2 Å². The molecule has 0 bridgehead atoms. The molecule has 0 saturated carbocycles. The van der Waals surface area contributed by atoms with Crippen molar-refractivity contribution >= 4 is 52.5 Å². The van der Waals surface area contributed by atoms with Gasteiger partial charge < -0.3 is 10.6 Å². The van der Waals surface area contributed by atoms with E-state index in [-0.39, 0.29) is 18.3 Å². The Hall–Kier alpha value is -0.0400. The molecular weight excluding hydrogens is 398 g/mol. The van der Waals surface area contributed by atoms with E-state index in [0.29, 0.717) is 16.5 Å². The van der Waals surface area contributed by atoms with Crippen molar-refractivity contribution in [2.75, 3.05) is 19.6 Å². The van der Waals surface area contributed by atoms with Crippen LogP contribution in [-0.4, -0.2) is 25.5 Å². The van der Waals surface area contributed by atoms with E-state index in [1.807, 2.05) is 6.07 Å². The molecule has 1 atom stereocenters. The first-order valence-electron chi connectivity index (χ1n) is 6.11. The van der Waals surface area contributed by atoms with Gasteiger partial charge in [-0.2, -0.15) is 0 Å². The van der Waals surface area contributed by atoms with Crippen molar-refractivity contribution in [3.63, 3.8) is 0 Å². The quantitative estimate of drug-likeness (QED) is 0.746. The molecule has 0 aliphatic carbocycles. The van der Waals surface area contributed by atoms with E-state index in [9.17, 15) is 4.79 Å². The minimum Gasteiger partial charge on any atom is -0.352 e. The predicted molar refractivity (Wildman–Crippen MR) is 89.3 cm³/mol. The monoisotopic (exact) mass is 414 g/mol. The standard InChI is InChI=1S/C13H16ClIN2O.ClH/c14-10-3-4-12(15)11(6-10)13(18)17-8-9-2-1-5-16-7-9;/h3-4,6,9,16H,1-2,5,7-8H2,(H,17,18);1H. The molecule has 1 unspecified atom stereocenters. The first-order valence-corrected chi connectivity index (χ1v) is 7.56. The highest BCUT2D eigenvalue weighted by Crippen LogP contribution is 2.18. The second-order valence-corrected chi connectivity index (χ2v) is 6.15. The van der Waals surface area contributed by atoms with Gasteiger partial charge in [0.1, 0.15) is 0 Å². The summed E-state index contributed by atoms with van der Waals surface area (Å²) in [5.74, 6) is 0.506. The van der Waals surface area contributed by atoms with Gasteiger partial charge in [-0.05, 0) is 72.6 Å². The number of hydrogen-bond donors (Lipinski definition) is 2. The number of carbonyl (C=O) groups is 1. The van der Waals surface area contributed by atoms with Gasteiger partial charge in [-0.3, -0.25) is 4.79 Å². The van der Waals surface area contributed by atoms with Gasteiger partial charge in [0.25, 0.3) is 5.91 Å². The minimum absolute atomic E-state index is 0. The van der Waals surface area contributed by atoms with Crippen molar-refractivity contribution in [3.05, 3.63) is 32.4 Å². The van der Waals surface area contributed by atoms with Gasteiger partial charge >= 0.3 is 0 Å². The van der Waals surface area contributed by atoms with Gasteiger partial charge in [0, 0.05) is 15.1 Å². The topological polar surface area (TPSA) is 41.1 Å². The molecule has 19 heavy (non-hydrogen) atoms. The minimum atomic E-state index is -0.0347. The highest BCUT2D eigenvalue weighted by atomic mass is 127. The van der Waals surface area contributed by atoms with Gasteiger partial charge in [0.2, 0.25) is 0 Å². The molecule has 2 rings (SSSR count). The lowest BCUT2D eigenvalue weighted by atomic mass is 10.00. The molecule has 106 valence electrons. The van der Waals surface area contributed by atoms with Crippen molar-refractivity contribution in [2.45, 2.75) is 12.8 Å². The van der Waals surface area contributed by atoms with Gasteiger partial charge in [0.15, 0.2) is 0 Å². The maximum atomic E-state index is 12.1. The van der Waals surface area contributed by atoms with E-state index < -0.39 is 0 Å². The summed E-state index contributed by atoms with van der Waals surface area (Å²) in [4.78, 5) is 12.1. The van der Waals surface area contributed by atoms with Crippen LogP contribution in [-0.2, 0) is 0 Å². The van der Waals surface area contributed by atoms with E-state index in [1.165, 1.54) is 12.8 Å². The number of nitrogens with one attached hydrogen (secondary N) is 2. The molecule has 0 aromatic heterocycles. The van der Waals surface area contributed by atoms with Crippen LogP contribution >= 0.6 is 46.6 Å². The van der Waals surface area contributed by atoms with Crippen LogP contribution in [0.2, 0.25) is 5.02 Å². The molecule has 1 fully saturated rings. The molecule has 1 aliphatic rings. The van der Waals surface area contributed by atoms with Gasteiger partial charge in [0.05, 0.1) is 5.56 Å². The van der Waals surface area contributed by atoms with Crippen molar-refractivity contribution in [3.8, 4) is 0 Å². The number of hydrogen-bond acceptors (Lipinski definition) is 2. The number of benzene rings is 1. The zero-order chi connectivity index (χ0) is 13.0. The maximum absolute atomic E-state index is 12.1. The average molecular weight is 415 g/mol. The summed E-state index contributed by atoms with van der Waals surface area (Å²) >= 11 is 8.07. The summed E-state index contributed by atoms with van der Waals surface area (Å²) in [7, 11) is 0. The Morgan fingerprint density at radius 2 is 2.32 bits per heavy atom. The molecule has 3 nitrogen and oxygen atoms in total. The second kappa shape index (κ2) is 8.29. The summed E-state index contributed by atoms with van der Waals surface area (Å²) in [6.45, 7) is 2.82. The fraction of sp³-hybridized carbons (Fsp3) is 0.462. The Morgan fingerprint density at radius 1 is 1.53 bits per heavy atom. The van der Waals surface area contributed by atoms with E-state index in [0.717, 1.165) is 23.2 Å². The average Bonchev–Trinajstić information content (AvgIpc) is 2.40. The fourth-order valence-corrected chi connectivity index (χ4v) is 2.85.